The minimum absolute atomic E-state index is 0.0155. The molecule has 1 aromatic carbocycles. The summed E-state index contributed by atoms with van der Waals surface area (Å²) >= 11 is 0. The van der Waals surface area contributed by atoms with E-state index in [1.807, 2.05) is 41.1 Å². The molecule has 1 fully saturated rings. The number of para-hydroxylation sites is 1. The number of benzene rings is 1. The van der Waals surface area contributed by atoms with Gasteiger partial charge >= 0.3 is 0 Å². The molecule has 1 aliphatic heterocycles. The second-order valence-electron chi connectivity index (χ2n) is 6.34. The van der Waals surface area contributed by atoms with Crippen molar-refractivity contribution in [1.82, 2.24) is 19.6 Å². The number of ether oxygens (including phenoxy) is 1. The van der Waals surface area contributed by atoms with Crippen molar-refractivity contribution < 1.29 is 14.1 Å². The highest BCUT2D eigenvalue weighted by atomic mass is 16.5. The number of carbonyl (C=O) groups excluding carboxylic acids is 1. The average molecular weight is 340 g/mol. The number of carbonyl (C=O) groups is 1. The van der Waals surface area contributed by atoms with Crippen molar-refractivity contribution >= 4 is 16.8 Å². The van der Waals surface area contributed by atoms with Crippen LogP contribution in [0.5, 0.6) is 0 Å². The number of fused-ring (bicyclic) bond motifs is 1. The van der Waals surface area contributed by atoms with Crippen molar-refractivity contribution in [2.45, 2.75) is 32.0 Å². The highest BCUT2D eigenvalue weighted by Crippen LogP contribution is 2.32. The minimum Gasteiger partial charge on any atom is -0.380 e. The maximum atomic E-state index is 13.0. The van der Waals surface area contributed by atoms with Crippen LogP contribution in [0, 0.1) is 6.92 Å². The fourth-order valence-electron chi connectivity index (χ4n) is 3.44. The van der Waals surface area contributed by atoms with Crippen LogP contribution in [-0.2, 0) is 16.1 Å². The Morgan fingerprint density at radius 2 is 2.20 bits per heavy atom. The van der Waals surface area contributed by atoms with E-state index in [-0.39, 0.29) is 24.6 Å². The Bertz CT molecular complexity index is 901. The number of aryl methyl sites for hydroxylation is 1. The van der Waals surface area contributed by atoms with Crippen LogP contribution < -0.4 is 0 Å². The molecule has 0 N–H and O–H groups in total. The smallest absolute Gasteiger partial charge is 0.249 e. The van der Waals surface area contributed by atoms with Gasteiger partial charge in [-0.1, -0.05) is 23.4 Å². The number of nitrogens with zero attached hydrogens (tertiary/aromatic N) is 4. The van der Waals surface area contributed by atoms with Gasteiger partial charge in [0.05, 0.1) is 6.10 Å². The number of rotatable bonds is 4. The molecule has 0 spiro atoms. The lowest BCUT2D eigenvalue weighted by atomic mass is 10.2. The Morgan fingerprint density at radius 3 is 2.96 bits per heavy atom. The normalized spacial score (nSPS) is 20.5. The van der Waals surface area contributed by atoms with Gasteiger partial charge in [-0.15, -0.1) is 0 Å². The number of aromatic nitrogens is 3. The maximum absolute atomic E-state index is 13.0. The molecule has 3 aromatic rings. The zero-order valence-corrected chi connectivity index (χ0v) is 14.3. The highest BCUT2D eigenvalue weighted by molar-refractivity contribution is 5.83. The number of methoxy groups -OCH3 is 1. The van der Waals surface area contributed by atoms with Gasteiger partial charge in [-0.25, -0.2) is 0 Å². The molecule has 1 saturated heterocycles. The summed E-state index contributed by atoms with van der Waals surface area (Å²) < 4.78 is 12.7. The summed E-state index contributed by atoms with van der Waals surface area (Å²) in [6.07, 6.45) is 2.58. The Labute approximate surface area is 145 Å². The summed E-state index contributed by atoms with van der Waals surface area (Å²) in [5, 5.41) is 4.97. The van der Waals surface area contributed by atoms with Gasteiger partial charge in [-0.05, 0) is 24.4 Å². The molecule has 0 unspecified atom stereocenters. The molecule has 3 heterocycles. The predicted octanol–water partition coefficient (Wildman–Crippen LogP) is 2.32. The van der Waals surface area contributed by atoms with Crippen molar-refractivity contribution in [2.24, 2.45) is 0 Å². The van der Waals surface area contributed by atoms with Gasteiger partial charge in [0.1, 0.15) is 12.6 Å². The molecule has 0 saturated carbocycles. The number of likely N-dealkylation sites (tertiary alicyclic amines) is 1. The third kappa shape index (κ3) is 2.91. The van der Waals surface area contributed by atoms with E-state index >= 15 is 0 Å². The Hall–Kier alpha value is -2.67. The first kappa shape index (κ1) is 15.8. The van der Waals surface area contributed by atoms with Crippen LogP contribution in [-0.4, -0.2) is 45.3 Å². The van der Waals surface area contributed by atoms with Crippen LogP contribution in [0.3, 0.4) is 0 Å². The van der Waals surface area contributed by atoms with Crippen molar-refractivity contribution in [2.75, 3.05) is 13.7 Å². The SMILES string of the molecule is CO[C@@H]1C[C@H](c2nc(C)no2)N(C(=O)Cn2ccc3ccccc32)C1. The van der Waals surface area contributed by atoms with E-state index in [0.29, 0.717) is 24.7 Å². The summed E-state index contributed by atoms with van der Waals surface area (Å²) in [4.78, 5) is 19.1. The maximum Gasteiger partial charge on any atom is 0.249 e. The van der Waals surface area contributed by atoms with Gasteiger partial charge in [0.25, 0.3) is 0 Å². The van der Waals surface area contributed by atoms with Gasteiger partial charge in [0.2, 0.25) is 11.8 Å². The molecule has 0 aliphatic carbocycles. The molecule has 2 atom stereocenters. The molecule has 4 rings (SSSR count). The monoisotopic (exact) mass is 340 g/mol. The van der Waals surface area contributed by atoms with Crippen LogP contribution in [0.4, 0.5) is 0 Å². The first-order chi connectivity index (χ1) is 12.2. The number of hydrogen-bond acceptors (Lipinski definition) is 5. The summed E-state index contributed by atoms with van der Waals surface area (Å²) in [6.45, 7) is 2.57. The quantitative estimate of drug-likeness (QED) is 0.729. The van der Waals surface area contributed by atoms with Gasteiger partial charge in [0, 0.05) is 31.8 Å². The molecule has 2 aromatic heterocycles. The van der Waals surface area contributed by atoms with E-state index in [1.165, 1.54) is 0 Å². The van der Waals surface area contributed by atoms with Crippen molar-refractivity contribution in [3.63, 3.8) is 0 Å². The van der Waals surface area contributed by atoms with Gasteiger partial charge in [-0.3, -0.25) is 4.79 Å². The molecule has 0 bridgehead atoms. The topological polar surface area (TPSA) is 73.4 Å². The molecule has 7 nitrogen and oxygen atoms in total. The van der Waals surface area contributed by atoms with Crippen LogP contribution in [0.1, 0.15) is 24.2 Å². The van der Waals surface area contributed by atoms with E-state index in [9.17, 15) is 4.79 Å². The molecular formula is C18H20N4O3. The first-order valence-corrected chi connectivity index (χ1v) is 8.32. The lowest BCUT2D eigenvalue weighted by molar-refractivity contribution is -0.133. The molecular weight excluding hydrogens is 320 g/mol. The second-order valence-corrected chi connectivity index (χ2v) is 6.34. The Balaban J connectivity index is 1.58. The summed E-state index contributed by atoms with van der Waals surface area (Å²) in [5.74, 6) is 1.06. The number of hydrogen-bond donors (Lipinski definition) is 0. The van der Waals surface area contributed by atoms with Crippen molar-refractivity contribution in [3.05, 3.63) is 48.2 Å². The molecule has 1 aliphatic rings. The Morgan fingerprint density at radius 1 is 1.36 bits per heavy atom. The van der Waals surface area contributed by atoms with E-state index in [1.54, 1.807) is 18.9 Å². The second kappa shape index (κ2) is 6.33. The number of amides is 1. The van der Waals surface area contributed by atoms with Crippen LogP contribution >= 0.6 is 0 Å². The van der Waals surface area contributed by atoms with E-state index < -0.39 is 0 Å². The molecule has 130 valence electrons. The molecule has 1 amide bonds. The van der Waals surface area contributed by atoms with Crippen molar-refractivity contribution in [1.29, 1.82) is 0 Å². The average Bonchev–Trinajstić information content (AvgIpc) is 3.33. The third-order valence-corrected chi connectivity index (χ3v) is 4.73. The van der Waals surface area contributed by atoms with Gasteiger partial charge < -0.3 is 18.7 Å². The molecule has 7 heteroatoms. The minimum atomic E-state index is -0.236. The van der Waals surface area contributed by atoms with Gasteiger partial charge in [-0.2, -0.15) is 4.98 Å². The largest absolute Gasteiger partial charge is 0.380 e. The summed E-state index contributed by atoms with van der Waals surface area (Å²) in [6, 6.07) is 9.81. The van der Waals surface area contributed by atoms with Crippen LogP contribution in [0.15, 0.2) is 41.1 Å². The molecule has 25 heavy (non-hydrogen) atoms. The highest BCUT2D eigenvalue weighted by Gasteiger charge is 2.39. The summed E-state index contributed by atoms with van der Waals surface area (Å²) in [5.41, 5.74) is 1.04. The summed E-state index contributed by atoms with van der Waals surface area (Å²) in [7, 11) is 1.66. The zero-order valence-electron chi connectivity index (χ0n) is 14.3. The third-order valence-electron chi connectivity index (χ3n) is 4.73. The van der Waals surface area contributed by atoms with E-state index in [2.05, 4.69) is 10.1 Å². The fraction of sp³-hybridized carbons (Fsp3) is 0.389. The zero-order chi connectivity index (χ0) is 17.4. The standard InChI is InChI=1S/C18H20N4O3/c1-12-19-18(25-20-12)16-9-14(24-2)10-22(16)17(23)11-21-8-7-13-5-3-4-6-15(13)21/h3-8,14,16H,9-11H2,1-2H3/t14-,16-/m1/s1. The van der Waals surface area contributed by atoms with Gasteiger partial charge in [0.15, 0.2) is 5.82 Å². The van der Waals surface area contributed by atoms with Crippen molar-refractivity contribution in [3.8, 4) is 0 Å². The first-order valence-electron chi connectivity index (χ1n) is 8.32. The van der Waals surface area contributed by atoms with E-state index in [0.717, 1.165) is 10.9 Å². The fourth-order valence-corrected chi connectivity index (χ4v) is 3.44. The Kier molecular flexibility index (Phi) is 4.01. The molecule has 0 radical (unpaired) electrons. The van der Waals surface area contributed by atoms with Crippen LogP contribution in [0.2, 0.25) is 0 Å². The van der Waals surface area contributed by atoms with E-state index in [4.69, 9.17) is 9.26 Å². The lowest BCUT2D eigenvalue weighted by Crippen LogP contribution is -2.34. The van der Waals surface area contributed by atoms with Crippen LogP contribution in [0.25, 0.3) is 10.9 Å². The lowest BCUT2D eigenvalue weighted by Gasteiger charge is -2.22. The predicted molar refractivity (Wildman–Crippen MR) is 90.8 cm³/mol.